The number of nitrogens with one attached hydrogen (secondary N) is 1. The maximum absolute atomic E-state index is 12.3. The van der Waals surface area contributed by atoms with Crippen molar-refractivity contribution in [3.63, 3.8) is 0 Å². The van der Waals surface area contributed by atoms with Crippen LogP contribution < -0.4 is 11.1 Å². The number of imide groups is 1. The Morgan fingerprint density at radius 2 is 2.05 bits per heavy atom. The molecule has 0 aromatic carbocycles. The van der Waals surface area contributed by atoms with Gasteiger partial charge in [0.2, 0.25) is 11.8 Å². The summed E-state index contributed by atoms with van der Waals surface area (Å²) in [6, 6.07) is -2.80. The molecule has 1 aliphatic rings. The van der Waals surface area contributed by atoms with E-state index in [0.717, 1.165) is 10.5 Å². The number of carboxylic acids is 1. The summed E-state index contributed by atoms with van der Waals surface area (Å²) in [7, 11) is 0. The minimum absolute atomic E-state index is 0.397. The number of carboxylic acid groups (broad SMARTS) is 1. The third-order valence-corrected chi connectivity index (χ3v) is 3.00. The first kappa shape index (κ1) is 15.3. The molecule has 3 atom stereocenters. The van der Waals surface area contributed by atoms with Gasteiger partial charge in [0.15, 0.2) is 0 Å². The van der Waals surface area contributed by atoms with Gasteiger partial charge in [0.05, 0.1) is 12.1 Å². The molecule has 0 radical (unpaired) electrons. The topological polar surface area (TPSA) is 113 Å². The van der Waals surface area contributed by atoms with Gasteiger partial charge < -0.3 is 16.2 Å². The van der Waals surface area contributed by atoms with Crippen LogP contribution in [0, 0.1) is 0 Å². The highest BCUT2D eigenvalue weighted by Gasteiger charge is 2.38. The van der Waals surface area contributed by atoms with Crippen LogP contribution in [0.1, 0.15) is 20.3 Å². The molecule has 1 fully saturated rings. The minimum Gasteiger partial charge on any atom is -0.480 e. The normalized spacial score (nSPS) is 21.8. The van der Waals surface area contributed by atoms with Crippen molar-refractivity contribution >= 4 is 17.8 Å². The second kappa shape index (κ2) is 5.94. The van der Waals surface area contributed by atoms with Gasteiger partial charge >= 0.3 is 5.97 Å². The predicted molar refractivity (Wildman–Crippen MR) is 68.1 cm³/mol. The molecule has 4 N–H and O–H groups in total. The summed E-state index contributed by atoms with van der Waals surface area (Å²) >= 11 is 0. The Balaban J connectivity index is 2.96. The van der Waals surface area contributed by atoms with Crippen molar-refractivity contribution in [3.05, 3.63) is 12.2 Å². The van der Waals surface area contributed by atoms with E-state index in [1.807, 2.05) is 0 Å². The summed E-state index contributed by atoms with van der Waals surface area (Å²) in [5, 5.41) is 11.9. The van der Waals surface area contributed by atoms with E-state index in [1.54, 1.807) is 0 Å². The Kier molecular flexibility index (Phi) is 4.79. The molecular weight excluding hydrogens is 250 g/mol. The summed E-state index contributed by atoms with van der Waals surface area (Å²) in [6.45, 7) is 6.93. The largest absolute Gasteiger partial charge is 0.480 e. The number of rotatable bonds is 4. The Morgan fingerprint density at radius 3 is 2.42 bits per heavy atom. The number of amides is 2. The fraction of sp³-hybridized carbons (Fsp3) is 0.583. The number of hydrogen-bond donors (Lipinski definition) is 3. The van der Waals surface area contributed by atoms with Crippen LogP contribution in [-0.4, -0.2) is 52.5 Å². The molecule has 3 unspecified atom stereocenters. The standard InChI is InChI=1S/C12H19N3O4/c1-6-4-9(14-5-6)11(17)15(8(3)12(18)19)10(16)7(2)13/h7-9,14H,1,4-5,13H2,2-3H3,(H,18,19). The van der Waals surface area contributed by atoms with Crippen molar-refractivity contribution in [2.24, 2.45) is 5.73 Å². The van der Waals surface area contributed by atoms with E-state index in [4.69, 9.17) is 10.8 Å². The number of carbonyl (C=O) groups is 3. The van der Waals surface area contributed by atoms with Gasteiger partial charge in [0.25, 0.3) is 0 Å². The molecule has 1 aliphatic heterocycles. The number of hydrogen-bond acceptors (Lipinski definition) is 5. The SMILES string of the molecule is C=C1CNC(C(=O)N(C(=O)C(C)N)C(C)C(=O)O)C1. The van der Waals surface area contributed by atoms with Crippen molar-refractivity contribution in [1.29, 1.82) is 0 Å². The lowest BCUT2D eigenvalue weighted by atomic mass is 10.1. The molecule has 19 heavy (non-hydrogen) atoms. The molecular formula is C12H19N3O4. The van der Waals surface area contributed by atoms with Crippen LogP contribution in [-0.2, 0) is 14.4 Å². The van der Waals surface area contributed by atoms with E-state index in [1.165, 1.54) is 13.8 Å². The summed E-state index contributed by atoms with van der Waals surface area (Å²) in [6.07, 6.45) is 0.397. The number of aliphatic carboxylic acids is 1. The molecule has 1 heterocycles. The lowest BCUT2D eigenvalue weighted by Crippen LogP contribution is -2.56. The van der Waals surface area contributed by atoms with Crippen molar-refractivity contribution < 1.29 is 19.5 Å². The van der Waals surface area contributed by atoms with Gasteiger partial charge in [-0.05, 0) is 20.3 Å². The molecule has 0 aromatic rings. The van der Waals surface area contributed by atoms with Gasteiger partial charge in [-0.3, -0.25) is 14.5 Å². The molecule has 7 heteroatoms. The average Bonchev–Trinajstić information content (AvgIpc) is 2.75. The van der Waals surface area contributed by atoms with Gasteiger partial charge in [-0.25, -0.2) is 4.79 Å². The maximum Gasteiger partial charge on any atom is 0.326 e. The van der Waals surface area contributed by atoms with Gasteiger partial charge in [0, 0.05) is 6.54 Å². The van der Waals surface area contributed by atoms with Crippen molar-refractivity contribution in [3.8, 4) is 0 Å². The molecule has 0 saturated carbocycles. The molecule has 1 saturated heterocycles. The second-order valence-corrected chi connectivity index (χ2v) is 4.74. The van der Waals surface area contributed by atoms with E-state index in [-0.39, 0.29) is 0 Å². The third kappa shape index (κ3) is 3.39. The van der Waals surface area contributed by atoms with Crippen LogP contribution in [0.25, 0.3) is 0 Å². The minimum atomic E-state index is -1.25. The van der Waals surface area contributed by atoms with E-state index >= 15 is 0 Å². The van der Waals surface area contributed by atoms with Gasteiger partial charge in [-0.1, -0.05) is 12.2 Å². The Hall–Kier alpha value is -1.73. The highest BCUT2D eigenvalue weighted by Crippen LogP contribution is 2.15. The van der Waals surface area contributed by atoms with Crippen LogP contribution in [0.3, 0.4) is 0 Å². The summed E-state index contributed by atoms with van der Waals surface area (Å²) in [4.78, 5) is 36.0. The molecule has 2 amide bonds. The van der Waals surface area contributed by atoms with Crippen molar-refractivity contribution in [1.82, 2.24) is 10.2 Å². The fourth-order valence-electron chi connectivity index (χ4n) is 1.86. The third-order valence-electron chi connectivity index (χ3n) is 3.00. The Labute approximate surface area is 111 Å². The van der Waals surface area contributed by atoms with E-state index in [9.17, 15) is 14.4 Å². The average molecular weight is 269 g/mol. The molecule has 0 spiro atoms. The summed E-state index contributed by atoms with van der Waals surface area (Å²) < 4.78 is 0. The van der Waals surface area contributed by atoms with Gasteiger partial charge in [-0.15, -0.1) is 0 Å². The Morgan fingerprint density at radius 1 is 1.47 bits per heavy atom. The number of nitrogens with zero attached hydrogens (tertiary/aromatic N) is 1. The van der Waals surface area contributed by atoms with E-state index < -0.39 is 35.9 Å². The molecule has 0 aliphatic carbocycles. The second-order valence-electron chi connectivity index (χ2n) is 4.74. The number of carbonyl (C=O) groups excluding carboxylic acids is 2. The van der Waals surface area contributed by atoms with Crippen molar-refractivity contribution in [2.75, 3.05) is 6.54 Å². The van der Waals surface area contributed by atoms with Crippen LogP contribution in [0.15, 0.2) is 12.2 Å². The van der Waals surface area contributed by atoms with Crippen LogP contribution in [0.2, 0.25) is 0 Å². The highest BCUT2D eigenvalue weighted by molar-refractivity contribution is 6.03. The first-order valence-corrected chi connectivity index (χ1v) is 6.01. The molecule has 1 rings (SSSR count). The summed E-state index contributed by atoms with van der Waals surface area (Å²) in [5.74, 6) is -2.52. The van der Waals surface area contributed by atoms with E-state index in [0.29, 0.717) is 13.0 Å². The smallest absolute Gasteiger partial charge is 0.326 e. The highest BCUT2D eigenvalue weighted by atomic mass is 16.4. The molecule has 0 aromatic heterocycles. The lowest BCUT2D eigenvalue weighted by Gasteiger charge is -2.28. The molecule has 0 bridgehead atoms. The van der Waals surface area contributed by atoms with Crippen LogP contribution >= 0.6 is 0 Å². The fourth-order valence-corrected chi connectivity index (χ4v) is 1.86. The monoisotopic (exact) mass is 269 g/mol. The lowest BCUT2D eigenvalue weighted by molar-refractivity contribution is -0.158. The molecule has 7 nitrogen and oxygen atoms in total. The zero-order valence-corrected chi connectivity index (χ0v) is 11.0. The first-order chi connectivity index (χ1) is 8.75. The zero-order chi connectivity index (χ0) is 14.7. The maximum atomic E-state index is 12.3. The predicted octanol–water partition coefficient (Wildman–Crippen LogP) is -0.920. The Bertz CT molecular complexity index is 419. The van der Waals surface area contributed by atoms with Crippen molar-refractivity contribution in [2.45, 2.75) is 38.4 Å². The van der Waals surface area contributed by atoms with Gasteiger partial charge in [-0.2, -0.15) is 0 Å². The molecule has 106 valence electrons. The van der Waals surface area contributed by atoms with Gasteiger partial charge in [0.1, 0.15) is 6.04 Å². The van der Waals surface area contributed by atoms with Crippen LogP contribution in [0.5, 0.6) is 0 Å². The van der Waals surface area contributed by atoms with E-state index in [2.05, 4.69) is 11.9 Å². The number of nitrogens with two attached hydrogens (primary N) is 1. The quantitative estimate of drug-likeness (QED) is 0.569. The first-order valence-electron chi connectivity index (χ1n) is 6.01. The zero-order valence-electron chi connectivity index (χ0n) is 11.0. The summed E-state index contributed by atoms with van der Waals surface area (Å²) in [5.41, 5.74) is 6.31. The van der Waals surface area contributed by atoms with Crippen LogP contribution in [0.4, 0.5) is 0 Å².